The first kappa shape index (κ1) is 12.0. The molecule has 0 aliphatic rings. The fraction of sp³-hybridized carbons (Fsp3) is 0.300. The zero-order valence-corrected chi connectivity index (χ0v) is 8.99. The van der Waals surface area contributed by atoms with E-state index in [2.05, 4.69) is 15.6 Å². The molecule has 1 rings (SSSR count). The second kappa shape index (κ2) is 5.69. The SMILES string of the molecule is CCNC(=O)CNC(=O)c1ccc(N)cn1. The summed E-state index contributed by atoms with van der Waals surface area (Å²) < 4.78 is 0. The number of hydrogen-bond acceptors (Lipinski definition) is 4. The first-order valence-corrected chi connectivity index (χ1v) is 4.90. The van der Waals surface area contributed by atoms with Gasteiger partial charge in [-0.3, -0.25) is 9.59 Å². The van der Waals surface area contributed by atoms with Gasteiger partial charge in [-0.05, 0) is 19.1 Å². The maximum absolute atomic E-state index is 11.5. The molecule has 0 aliphatic heterocycles. The van der Waals surface area contributed by atoms with Gasteiger partial charge in [-0.15, -0.1) is 0 Å². The van der Waals surface area contributed by atoms with E-state index in [1.54, 1.807) is 13.0 Å². The largest absolute Gasteiger partial charge is 0.397 e. The van der Waals surface area contributed by atoms with E-state index >= 15 is 0 Å². The summed E-state index contributed by atoms with van der Waals surface area (Å²) in [6.45, 7) is 2.29. The van der Waals surface area contributed by atoms with E-state index in [0.29, 0.717) is 12.2 Å². The first-order valence-electron chi connectivity index (χ1n) is 4.90. The third-order valence-corrected chi connectivity index (χ3v) is 1.80. The predicted octanol–water partition coefficient (Wildman–Crippen LogP) is -0.470. The standard InChI is InChI=1S/C10H14N4O2/c1-2-12-9(15)6-14-10(16)8-4-3-7(11)5-13-8/h3-5H,2,6,11H2,1H3,(H,12,15)(H,14,16). The minimum atomic E-state index is -0.397. The Labute approximate surface area is 93.2 Å². The van der Waals surface area contributed by atoms with Crippen LogP contribution in [-0.2, 0) is 4.79 Å². The smallest absolute Gasteiger partial charge is 0.270 e. The lowest BCUT2D eigenvalue weighted by atomic mass is 10.3. The summed E-state index contributed by atoms with van der Waals surface area (Å²) in [7, 11) is 0. The molecule has 0 radical (unpaired) electrons. The molecular formula is C10H14N4O2. The molecule has 0 saturated heterocycles. The van der Waals surface area contributed by atoms with Crippen LogP contribution in [-0.4, -0.2) is 29.9 Å². The number of carbonyl (C=O) groups excluding carboxylic acids is 2. The van der Waals surface area contributed by atoms with Crippen LogP contribution in [0.3, 0.4) is 0 Å². The van der Waals surface area contributed by atoms with E-state index in [0.717, 1.165) is 0 Å². The molecule has 6 nitrogen and oxygen atoms in total. The average Bonchev–Trinajstić information content (AvgIpc) is 2.27. The molecule has 0 fully saturated rings. The van der Waals surface area contributed by atoms with Crippen molar-refractivity contribution in [2.24, 2.45) is 0 Å². The van der Waals surface area contributed by atoms with E-state index in [1.807, 2.05) is 0 Å². The highest BCUT2D eigenvalue weighted by Gasteiger charge is 2.07. The third-order valence-electron chi connectivity index (χ3n) is 1.80. The number of carbonyl (C=O) groups is 2. The predicted molar refractivity (Wildman–Crippen MR) is 59.7 cm³/mol. The molecule has 0 saturated carbocycles. The number of nitrogen functional groups attached to an aromatic ring is 1. The second-order valence-electron chi connectivity index (χ2n) is 3.11. The molecule has 6 heteroatoms. The zero-order valence-electron chi connectivity index (χ0n) is 8.99. The number of nitrogens with zero attached hydrogens (tertiary/aromatic N) is 1. The van der Waals surface area contributed by atoms with Crippen LogP contribution in [0.15, 0.2) is 18.3 Å². The van der Waals surface area contributed by atoms with Gasteiger partial charge in [0.25, 0.3) is 5.91 Å². The molecule has 16 heavy (non-hydrogen) atoms. The van der Waals surface area contributed by atoms with Crippen LogP contribution >= 0.6 is 0 Å². The van der Waals surface area contributed by atoms with Gasteiger partial charge >= 0.3 is 0 Å². The van der Waals surface area contributed by atoms with E-state index in [-0.39, 0.29) is 18.1 Å². The Hall–Kier alpha value is -2.11. The van der Waals surface area contributed by atoms with Crippen LogP contribution in [0.25, 0.3) is 0 Å². The quantitative estimate of drug-likeness (QED) is 0.641. The zero-order chi connectivity index (χ0) is 12.0. The first-order chi connectivity index (χ1) is 7.63. The van der Waals surface area contributed by atoms with Crippen molar-refractivity contribution < 1.29 is 9.59 Å². The second-order valence-corrected chi connectivity index (χ2v) is 3.11. The lowest BCUT2D eigenvalue weighted by Crippen LogP contribution is -2.37. The summed E-state index contributed by atoms with van der Waals surface area (Å²) in [5, 5.41) is 5.02. The van der Waals surface area contributed by atoms with Gasteiger partial charge in [0.15, 0.2) is 0 Å². The molecule has 2 amide bonds. The van der Waals surface area contributed by atoms with Crippen molar-refractivity contribution in [1.82, 2.24) is 15.6 Å². The molecule has 86 valence electrons. The summed E-state index contributed by atoms with van der Waals surface area (Å²) in [6, 6.07) is 3.08. The molecule has 0 bridgehead atoms. The lowest BCUT2D eigenvalue weighted by Gasteiger charge is -2.04. The molecule has 0 aromatic carbocycles. The van der Waals surface area contributed by atoms with Gasteiger partial charge in [0, 0.05) is 6.54 Å². The number of pyridine rings is 1. The topological polar surface area (TPSA) is 97.1 Å². The van der Waals surface area contributed by atoms with Crippen molar-refractivity contribution >= 4 is 17.5 Å². The van der Waals surface area contributed by atoms with E-state index < -0.39 is 5.91 Å². The van der Waals surface area contributed by atoms with Gasteiger partial charge < -0.3 is 16.4 Å². The average molecular weight is 222 g/mol. The Bertz CT molecular complexity index is 375. The van der Waals surface area contributed by atoms with Crippen molar-refractivity contribution in [2.45, 2.75) is 6.92 Å². The minimum Gasteiger partial charge on any atom is -0.397 e. The van der Waals surface area contributed by atoms with Gasteiger partial charge in [-0.2, -0.15) is 0 Å². The molecule has 4 N–H and O–H groups in total. The fourth-order valence-electron chi connectivity index (χ4n) is 1.05. The number of rotatable bonds is 4. The number of nitrogens with two attached hydrogens (primary N) is 1. The maximum atomic E-state index is 11.5. The number of aromatic nitrogens is 1. The van der Waals surface area contributed by atoms with Crippen LogP contribution in [0.5, 0.6) is 0 Å². The Kier molecular flexibility index (Phi) is 4.26. The van der Waals surface area contributed by atoms with Gasteiger partial charge in [-0.25, -0.2) is 4.98 Å². The molecule has 0 unspecified atom stereocenters. The summed E-state index contributed by atoms with van der Waals surface area (Å²) in [5.41, 5.74) is 6.15. The molecule has 0 atom stereocenters. The molecular weight excluding hydrogens is 208 g/mol. The molecule has 0 aliphatic carbocycles. The van der Waals surface area contributed by atoms with Gasteiger partial charge in [0.1, 0.15) is 5.69 Å². The van der Waals surface area contributed by atoms with E-state index in [4.69, 9.17) is 5.73 Å². The number of likely N-dealkylation sites (N-methyl/N-ethyl adjacent to an activating group) is 1. The highest BCUT2D eigenvalue weighted by atomic mass is 16.2. The molecule has 1 aromatic rings. The molecule has 1 heterocycles. The minimum absolute atomic E-state index is 0.0568. The third kappa shape index (κ3) is 3.56. The summed E-state index contributed by atoms with van der Waals surface area (Å²) in [6.07, 6.45) is 1.39. The van der Waals surface area contributed by atoms with Gasteiger partial charge in [-0.1, -0.05) is 0 Å². The summed E-state index contributed by atoms with van der Waals surface area (Å²) >= 11 is 0. The van der Waals surface area contributed by atoms with Crippen molar-refractivity contribution in [3.8, 4) is 0 Å². The Morgan fingerprint density at radius 3 is 2.69 bits per heavy atom. The monoisotopic (exact) mass is 222 g/mol. The highest BCUT2D eigenvalue weighted by molar-refractivity contribution is 5.94. The number of amides is 2. The van der Waals surface area contributed by atoms with Crippen molar-refractivity contribution in [3.05, 3.63) is 24.0 Å². The van der Waals surface area contributed by atoms with Crippen molar-refractivity contribution in [2.75, 3.05) is 18.8 Å². The van der Waals surface area contributed by atoms with Crippen LogP contribution in [0, 0.1) is 0 Å². The Morgan fingerprint density at radius 2 is 2.12 bits per heavy atom. The Morgan fingerprint density at radius 1 is 1.38 bits per heavy atom. The van der Waals surface area contributed by atoms with Gasteiger partial charge in [0.05, 0.1) is 18.4 Å². The number of hydrogen-bond donors (Lipinski definition) is 3. The van der Waals surface area contributed by atoms with Crippen LogP contribution in [0.4, 0.5) is 5.69 Å². The maximum Gasteiger partial charge on any atom is 0.270 e. The number of nitrogens with one attached hydrogen (secondary N) is 2. The van der Waals surface area contributed by atoms with E-state index in [9.17, 15) is 9.59 Å². The normalized spacial score (nSPS) is 9.56. The van der Waals surface area contributed by atoms with Crippen molar-refractivity contribution in [3.63, 3.8) is 0 Å². The van der Waals surface area contributed by atoms with E-state index in [1.165, 1.54) is 12.3 Å². The summed E-state index contributed by atoms with van der Waals surface area (Å²) in [5.74, 6) is -0.627. The van der Waals surface area contributed by atoms with Crippen LogP contribution in [0.2, 0.25) is 0 Å². The number of anilines is 1. The summed E-state index contributed by atoms with van der Waals surface area (Å²) in [4.78, 5) is 26.4. The highest BCUT2D eigenvalue weighted by Crippen LogP contribution is 2.00. The van der Waals surface area contributed by atoms with Crippen LogP contribution < -0.4 is 16.4 Å². The van der Waals surface area contributed by atoms with Crippen LogP contribution in [0.1, 0.15) is 17.4 Å². The molecule has 0 spiro atoms. The van der Waals surface area contributed by atoms with Gasteiger partial charge in [0.2, 0.25) is 5.91 Å². The molecule has 1 aromatic heterocycles. The van der Waals surface area contributed by atoms with Crippen molar-refractivity contribution in [1.29, 1.82) is 0 Å². The lowest BCUT2D eigenvalue weighted by molar-refractivity contribution is -0.120. The Balaban J connectivity index is 2.47. The fourth-order valence-corrected chi connectivity index (χ4v) is 1.05.